The summed E-state index contributed by atoms with van der Waals surface area (Å²) in [4.78, 5) is 5.06. The van der Waals surface area contributed by atoms with Gasteiger partial charge in [0.15, 0.2) is 5.75 Å². The topological polar surface area (TPSA) is 46.2 Å². The summed E-state index contributed by atoms with van der Waals surface area (Å²) in [7, 11) is 0. The summed E-state index contributed by atoms with van der Waals surface area (Å²) in [6.07, 6.45) is 4.19. The van der Waals surface area contributed by atoms with Gasteiger partial charge in [0, 0.05) is 22.2 Å². The van der Waals surface area contributed by atoms with Crippen LogP contribution in [0.3, 0.4) is 0 Å². The van der Waals surface area contributed by atoms with E-state index in [1.807, 2.05) is 29.6 Å². The van der Waals surface area contributed by atoms with Crippen LogP contribution in [0.1, 0.15) is 25.3 Å². The van der Waals surface area contributed by atoms with Crippen LogP contribution >= 0.6 is 46.5 Å². The lowest BCUT2D eigenvalue weighted by Crippen LogP contribution is -2.41. The minimum Gasteiger partial charge on any atom is -0.490 e. The Labute approximate surface area is 211 Å². The van der Waals surface area contributed by atoms with Crippen LogP contribution in [0.15, 0.2) is 58.3 Å². The molecule has 0 fully saturated rings. The van der Waals surface area contributed by atoms with Gasteiger partial charge in [-0.1, -0.05) is 48.3 Å². The minimum absolute atomic E-state index is 0.0803. The van der Waals surface area contributed by atoms with Crippen LogP contribution in [0.4, 0.5) is 10.2 Å². The number of anilines is 1. The molecule has 1 aromatic heterocycles. The van der Waals surface area contributed by atoms with Gasteiger partial charge in [0.2, 0.25) is 0 Å². The van der Waals surface area contributed by atoms with Crippen LogP contribution in [-0.2, 0) is 0 Å². The highest BCUT2D eigenvalue weighted by molar-refractivity contribution is 8.00. The monoisotopic (exact) mass is 523 g/mol. The maximum atomic E-state index is 13.5. The normalized spacial score (nSPS) is 18.1. The molecule has 0 saturated carbocycles. The number of allylic oxidation sites excluding steroid dienone is 1. The highest BCUT2D eigenvalue weighted by Gasteiger charge is 2.29. The first-order chi connectivity index (χ1) is 16.0. The Balaban J connectivity index is 1.50. The molecule has 1 aliphatic rings. The van der Waals surface area contributed by atoms with Gasteiger partial charge in [0.25, 0.3) is 0 Å². The van der Waals surface area contributed by atoms with E-state index in [2.05, 4.69) is 28.0 Å². The number of halogens is 3. The van der Waals surface area contributed by atoms with E-state index in [0.717, 1.165) is 41.2 Å². The molecule has 33 heavy (non-hydrogen) atoms. The fourth-order valence-corrected chi connectivity index (χ4v) is 5.93. The quantitative estimate of drug-likeness (QED) is 0.283. The summed E-state index contributed by atoms with van der Waals surface area (Å²) in [5.41, 5.74) is 3.92. The molecule has 0 spiro atoms. The van der Waals surface area contributed by atoms with E-state index < -0.39 is 0 Å². The molecule has 1 heterocycles. The fraction of sp³-hybridized carbons (Fsp3) is 0.292. The molecule has 1 aliphatic carbocycles. The van der Waals surface area contributed by atoms with Crippen molar-refractivity contribution in [3.05, 3.63) is 74.8 Å². The molecule has 4 rings (SSSR count). The van der Waals surface area contributed by atoms with E-state index in [9.17, 15) is 4.39 Å². The third-order valence-electron chi connectivity index (χ3n) is 5.46. The summed E-state index contributed by atoms with van der Waals surface area (Å²) < 4.78 is 22.8. The first kappa shape index (κ1) is 24.4. The number of thiazole rings is 1. The summed E-state index contributed by atoms with van der Waals surface area (Å²) in [6.45, 7) is 3.36. The molecular formula is C24H24Cl2FN3OS2. The van der Waals surface area contributed by atoms with Crippen molar-refractivity contribution >= 4 is 57.9 Å². The molecule has 2 unspecified atom stereocenters. The fourth-order valence-electron chi connectivity index (χ4n) is 3.96. The second-order valence-electron chi connectivity index (χ2n) is 7.62. The minimum atomic E-state index is -0.244. The van der Waals surface area contributed by atoms with E-state index in [4.69, 9.17) is 27.9 Å². The highest BCUT2D eigenvalue weighted by Crippen LogP contribution is 2.39. The predicted molar refractivity (Wildman–Crippen MR) is 138 cm³/mol. The zero-order valence-corrected chi connectivity index (χ0v) is 21.1. The second-order valence-corrected chi connectivity index (χ2v) is 10.0. The van der Waals surface area contributed by atoms with Crippen molar-refractivity contribution in [3.63, 3.8) is 0 Å². The zero-order valence-electron chi connectivity index (χ0n) is 18.0. The van der Waals surface area contributed by atoms with Crippen molar-refractivity contribution in [2.24, 2.45) is 5.92 Å². The molecule has 0 saturated heterocycles. The number of rotatable bonds is 9. The van der Waals surface area contributed by atoms with Crippen molar-refractivity contribution in [2.75, 3.05) is 17.9 Å². The Morgan fingerprint density at radius 3 is 2.64 bits per heavy atom. The number of aromatic nitrogens is 1. The average Bonchev–Trinajstić information content (AvgIpc) is 3.32. The van der Waals surface area contributed by atoms with E-state index in [0.29, 0.717) is 22.4 Å². The largest absolute Gasteiger partial charge is 0.490 e. The van der Waals surface area contributed by atoms with Gasteiger partial charge in [-0.3, -0.25) is 0 Å². The highest BCUT2D eigenvalue weighted by atomic mass is 35.5. The van der Waals surface area contributed by atoms with Gasteiger partial charge in [-0.25, -0.2) is 9.37 Å². The third kappa shape index (κ3) is 6.22. The maximum absolute atomic E-state index is 13.5. The molecule has 4 nitrogen and oxygen atoms in total. The summed E-state index contributed by atoms with van der Waals surface area (Å²) in [6, 6.07) is 10.5. The molecule has 0 bridgehead atoms. The van der Waals surface area contributed by atoms with E-state index in [1.54, 1.807) is 5.51 Å². The standard InChI is InChI=1S/C24H24Cl2FN3OS2/c1-2-28-22-5-3-4-18(15-6-8-16(27)9-7-15)19(22)12-31-24-20(25)10-17(11-21(24)26)33-30-23-13-32-14-29-23/h4,6-11,13-14,19,22,28,30H,2-3,5,12H2,1H3. The lowest BCUT2D eigenvalue weighted by Gasteiger charge is -2.33. The summed E-state index contributed by atoms with van der Waals surface area (Å²) in [5, 5.41) is 6.40. The lowest BCUT2D eigenvalue weighted by atomic mass is 9.80. The number of nitrogens with one attached hydrogen (secondary N) is 2. The second kappa shape index (κ2) is 11.6. The number of hydrogen-bond donors (Lipinski definition) is 2. The Morgan fingerprint density at radius 1 is 1.21 bits per heavy atom. The van der Waals surface area contributed by atoms with Crippen LogP contribution in [0.5, 0.6) is 5.75 Å². The van der Waals surface area contributed by atoms with E-state index in [-0.39, 0.29) is 17.8 Å². The van der Waals surface area contributed by atoms with Crippen LogP contribution in [0, 0.1) is 11.7 Å². The van der Waals surface area contributed by atoms with E-state index in [1.165, 1.54) is 35.4 Å². The van der Waals surface area contributed by atoms with Gasteiger partial charge in [0.05, 0.1) is 22.2 Å². The SMILES string of the molecule is CCNC1CCC=C(c2ccc(F)cc2)C1COc1c(Cl)cc(SNc2cscn2)cc1Cl. The predicted octanol–water partition coefficient (Wildman–Crippen LogP) is 7.56. The number of benzene rings is 2. The van der Waals surface area contributed by atoms with Crippen LogP contribution in [0.25, 0.3) is 5.57 Å². The van der Waals surface area contributed by atoms with Crippen molar-refractivity contribution in [1.82, 2.24) is 10.3 Å². The molecule has 2 atom stereocenters. The van der Waals surface area contributed by atoms with Crippen molar-refractivity contribution in [1.29, 1.82) is 0 Å². The van der Waals surface area contributed by atoms with E-state index >= 15 is 0 Å². The van der Waals surface area contributed by atoms with Crippen LogP contribution < -0.4 is 14.8 Å². The summed E-state index contributed by atoms with van der Waals surface area (Å²) >= 11 is 16.0. The Morgan fingerprint density at radius 2 is 1.97 bits per heavy atom. The maximum Gasteiger partial charge on any atom is 0.156 e. The van der Waals surface area contributed by atoms with Gasteiger partial charge in [-0.15, -0.1) is 11.3 Å². The van der Waals surface area contributed by atoms with Gasteiger partial charge < -0.3 is 14.8 Å². The molecule has 174 valence electrons. The number of ether oxygens (including phenoxy) is 1. The van der Waals surface area contributed by atoms with Crippen LogP contribution in [-0.4, -0.2) is 24.2 Å². The Kier molecular flexibility index (Phi) is 8.55. The Hall–Kier alpha value is -1.77. The molecule has 0 radical (unpaired) electrons. The lowest BCUT2D eigenvalue weighted by molar-refractivity contribution is 0.237. The molecule has 2 aromatic carbocycles. The first-order valence-electron chi connectivity index (χ1n) is 10.7. The molecule has 0 aliphatic heterocycles. The van der Waals surface area contributed by atoms with Crippen molar-refractivity contribution in [3.8, 4) is 5.75 Å². The van der Waals surface area contributed by atoms with Gasteiger partial charge in [-0.2, -0.15) is 0 Å². The smallest absolute Gasteiger partial charge is 0.156 e. The third-order valence-corrected chi connectivity index (χ3v) is 7.39. The van der Waals surface area contributed by atoms with Crippen molar-refractivity contribution < 1.29 is 9.13 Å². The van der Waals surface area contributed by atoms with Crippen LogP contribution in [0.2, 0.25) is 10.0 Å². The Bertz CT molecular complexity index is 1070. The molecule has 3 aromatic rings. The molecule has 0 amide bonds. The van der Waals surface area contributed by atoms with Crippen molar-refractivity contribution in [2.45, 2.75) is 30.7 Å². The first-order valence-corrected chi connectivity index (χ1v) is 13.2. The zero-order chi connectivity index (χ0) is 23.2. The van der Waals surface area contributed by atoms with Gasteiger partial charge >= 0.3 is 0 Å². The molecule has 9 heteroatoms. The number of hydrogen-bond acceptors (Lipinski definition) is 6. The van der Waals surface area contributed by atoms with Gasteiger partial charge in [0.1, 0.15) is 11.6 Å². The summed E-state index contributed by atoms with van der Waals surface area (Å²) in [5.74, 6) is 1.09. The number of nitrogens with zero attached hydrogens (tertiary/aromatic N) is 1. The van der Waals surface area contributed by atoms with Gasteiger partial charge in [-0.05, 0) is 66.7 Å². The molecule has 2 N–H and O–H groups in total. The average molecular weight is 525 g/mol. The molecular weight excluding hydrogens is 500 g/mol.